The molecule has 1 aliphatic heterocycles. The summed E-state index contributed by atoms with van der Waals surface area (Å²) < 4.78 is 0. The number of aryl methyl sites for hydroxylation is 3. The maximum absolute atomic E-state index is 12.2. The van der Waals surface area contributed by atoms with E-state index in [9.17, 15) is 4.79 Å². The fourth-order valence-corrected chi connectivity index (χ4v) is 3.17. The first kappa shape index (κ1) is 15.9. The zero-order chi connectivity index (χ0) is 15.4. The minimum absolute atomic E-state index is 0.289. The Morgan fingerprint density at radius 1 is 1.19 bits per heavy atom. The molecule has 1 saturated heterocycles. The van der Waals surface area contributed by atoms with E-state index in [1.165, 1.54) is 22.4 Å². The SMILES string of the molecule is Cc1cc(C)c(NCCC(=O)N2CCC(C)CC2)c(C)c1. The molecule has 0 saturated carbocycles. The van der Waals surface area contributed by atoms with Gasteiger partial charge in [-0.05, 0) is 50.7 Å². The molecule has 1 aromatic rings. The van der Waals surface area contributed by atoms with E-state index in [-0.39, 0.29) is 5.91 Å². The molecule has 0 atom stereocenters. The lowest BCUT2D eigenvalue weighted by atomic mass is 9.99. The normalized spacial score (nSPS) is 16.1. The monoisotopic (exact) mass is 288 g/mol. The maximum atomic E-state index is 12.2. The predicted molar refractivity (Wildman–Crippen MR) is 88.7 cm³/mol. The van der Waals surface area contributed by atoms with Crippen molar-refractivity contribution < 1.29 is 4.79 Å². The Bertz CT molecular complexity index is 479. The number of amides is 1. The van der Waals surface area contributed by atoms with Crippen molar-refractivity contribution in [2.45, 2.75) is 47.0 Å². The van der Waals surface area contributed by atoms with Crippen LogP contribution in [0.5, 0.6) is 0 Å². The third-order valence-corrected chi connectivity index (χ3v) is 4.45. The molecule has 0 radical (unpaired) electrons. The van der Waals surface area contributed by atoms with Gasteiger partial charge in [0.2, 0.25) is 5.91 Å². The Morgan fingerprint density at radius 3 is 2.33 bits per heavy atom. The summed E-state index contributed by atoms with van der Waals surface area (Å²) in [7, 11) is 0. The summed E-state index contributed by atoms with van der Waals surface area (Å²) >= 11 is 0. The number of nitrogens with one attached hydrogen (secondary N) is 1. The van der Waals surface area contributed by atoms with Crippen molar-refractivity contribution in [3.05, 3.63) is 28.8 Å². The van der Waals surface area contributed by atoms with Gasteiger partial charge in [0, 0.05) is 31.7 Å². The Morgan fingerprint density at radius 2 is 1.76 bits per heavy atom. The summed E-state index contributed by atoms with van der Waals surface area (Å²) in [5.41, 5.74) is 4.98. The van der Waals surface area contributed by atoms with Crippen LogP contribution in [0.25, 0.3) is 0 Å². The molecule has 21 heavy (non-hydrogen) atoms. The molecule has 2 rings (SSSR count). The van der Waals surface area contributed by atoms with E-state index >= 15 is 0 Å². The highest BCUT2D eigenvalue weighted by Crippen LogP contribution is 2.22. The van der Waals surface area contributed by atoms with Crippen LogP contribution in [-0.4, -0.2) is 30.4 Å². The molecular weight excluding hydrogens is 260 g/mol. The Labute approximate surface area is 128 Å². The molecule has 0 spiro atoms. The Kier molecular flexibility index (Phi) is 5.27. The number of hydrogen-bond donors (Lipinski definition) is 1. The van der Waals surface area contributed by atoms with E-state index in [1.807, 2.05) is 4.90 Å². The van der Waals surface area contributed by atoms with Gasteiger partial charge in [-0.15, -0.1) is 0 Å². The maximum Gasteiger partial charge on any atom is 0.224 e. The molecule has 1 amide bonds. The minimum atomic E-state index is 0.289. The van der Waals surface area contributed by atoms with Crippen LogP contribution in [0.2, 0.25) is 0 Å². The summed E-state index contributed by atoms with van der Waals surface area (Å²) in [6, 6.07) is 4.37. The predicted octanol–water partition coefficient (Wildman–Crippen LogP) is 3.67. The molecule has 3 nitrogen and oxygen atoms in total. The molecule has 1 fully saturated rings. The molecule has 1 aliphatic rings. The molecule has 3 heteroatoms. The summed E-state index contributed by atoms with van der Waals surface area (Å²) in [6.45, 7) is 11.2. The minimum Gasteiger partial charge on any atom is -0.384 e. The highest BCUT2D eigenvalue weighted by molar-refractivity contribution is 5.77. The second-order valence-electron chi connectivity index (χ2n) is 6.51. The van der Waals surface area contributed by atoms with Crippen molar-refractivity contribution in [1.82, 2.24) is 4.90 Å². The lowest BCUT2D eigenvalue weighted by Gasteiger charge is -2.30. The molecule has 1 heterocycles. The quantitative estimate of drug-likeness (QED) is 0.916. The standard InChI is InChI=1S/C18H28N2O/c1-13-6-9-20(10-7-13)17(21)5-8-19-18-15(3)11-14(2)12-16(18)4/h11-13,19H,5-10H2,1-4H3. The van der Waals surface area contributed by atoms with Crippen molar-refractivity contribution in [1.29, 1.82) is 0 Å². The molecule has 116 valence electrons. The summed E-state index contributed by atoms with van der Waals surface area (Å²) in [5.74, 6) is 1.06. The first-order valence-electron chi connectivity index (χ1n) is 8.07. The number of carbonyl (C=O) groups is 1. The summed E-state index contributed by atoms with van der Waals surface area (Å²) in [4.78, 5) is 14.2. The van der Waals surface area contributed by atoms with Crippen LogP contribution < -0.4 is 5.32 Å². The van der Waals surface area contributed by atoms with Crippen LogP contribution >= 0.6 is 0 Å². The zero-order valence-electron chi connectivity index (χ0n) is 13.8. The van der Waals surface area contributed by atoms with Gasteiger partial charge >= 0.3 is 0 Å². The fourth-order valence-electron chi connectivity index (χ4n) is 3.17. The van der Waals surface area contributed by atoms with Crippen molar-refractivity contribution in [2.24, 2.45) is 5.92 Å². The number of hydrogen-bond acceptors (Lipinski definition) is 2. The van der Waals surface area contributed by atoms with Gasteiger partial charge in [-0.3, -0.25) is 4.79 Å². The smallest absolute Gasteiger partial charge is 0.224 e. The van der Waals surface area contributed by atoms with Crippen LogP contribution in [0.4, 0.5) is 5.69 Å². The Hall–Kier alpha value is -1.51. The lowest BCUT2D eigenvalue weighted by Crippen LogP contribution is -2.38. The lowest BCUT2D eigenvalue weighted by molar-refractivity contribution is -0.132. The van der Waals surface area contributed by atoms with Gasteiger partial charge in [0.1, 0.15) is 0 Å². The Balaban J connectivity index is 1.83. The number of piperidine rings is 1. The van der Waals surface area contributed by atoms with Gasteiger partial charge in [-0.2, -0.15) is 0 Å². The molecule has 1 N–H and O–H groups in total. The van der Waals surface area contributed by atoms with Crippen molar-refractivity contribution >= 4 is 11.6 Å². The number of anilines is 1. The molecule has 1 aromatic carbocycles. The van der Waals surface area contributed by atoms with Gasteiger partial charge < -0.3 is 10.2 Å². The van der Waals surface area contributed by atoms with Crippen LogP contribution in [0, 0.1) is 26.7 Å². The average Bonchev–Trinajstić information content (AvgIpc) is 2.42. The van der Waals surface area contributed by atoms with E-state index in [0.29, 0.717) is 6.42 Å². The second kappa shape index (κ2) is 6.97. The number of nitrogens with zero attached hydrogens (tertiary/aromatic N) is 1. The first-order chi connectivity index (χ1) is 9.97. The molecule has 0 aliphatic carbocycles. The summed E-state index contributed by atoms with van der Waals surface area (Å²) in [6.07, 6.45) is 2.88. The molecule has 0 unspecified atom stereocenters. The van der Waals surface area contributed by atoms with E-state index in [4.69, 9.17) is 0 Å². The first-order valence-corrected chi connectivity index (χ1v) is 8.07. The molecule has 0 aromatic heterocycles. The highest BCUT2D eigenvalue weighted by Gasteiger charge is 2.19. The van der Waals surface area contributed by atoms with Gasteiger partial charge in [0.05, 0.1) is 0 Å². The van der Waals surface area contributed by atoms with Gasteiger partial charge in [-0.25, -0.2) is 0 Å². The third kappa shape index (κ3) is 4.23. The van der Waals surface area contributed by atoms with Crippen LogP contribution in [0.15, 0.2) is 12.1 Å². The second-order valence-corrected chi connectivity index (χ2v) is 6.51. The van der Waals surface area contributed by atoms with Crippen LogP contribution in [-0.2, 0) is 4.79 Å². The fraction of sp³-hybridized carbons (Fsp3) is 0.611. The van der Waals surface area contributed by atoms with Crippen molar-refractivity contribution in [2.75, 3.05) is 25.0 Å². The zero-order valence-corrected chi connectivity index (χ0v) is 13.8. The number of likely N-dealkylation sites (tertiary alicyclic amines) is 1. The van der Waals surface area contributed by atoms with Crippen LogP contribution in [0.3, 0.4) is 0 Å². The number of benzene rings is 1. The summed E-state index contributed by atoms with van der Waals surface area (Å²) in [5, 5.41) is 3.44. The van der Waals surface area contributed by atoms with Crippen molar-refractivity contribution in [3.63, 3.8) is 0 Å². The van der Waals surface area contributed by atoms with Gasteiger partial charge in [0.25, 0.3) is 0 Å². The van der Waals surface area contributed by atoms with Crippen LogP contribution in [0.1, 0.15) is 42.9 Å². The molecule has 0 bridgehead atoms. The number of carbonyl (C=O) groups excluding carboxylic acids is 1. The topological polar surface area (TPSA) is 32.3 Å². The van der Waals surface area contributed by atoms with E-state index in [2.05, 4.69) is 45.1 Å². The van der Waals surface area contributed by atoms with E-state index in [0.717, 1.165) is 38.4 Å². The van der Waals surface area contributed by atoms with Gasteiger partial charge in [-0.1, -0.05) is 24.6 Å². The number of rotatable bonds is 4. The average molecular weight is 288 g/mol. The largest absolute Gasteiger partial charge is 0.384 e. The highest BCUT2D eigenvalue weighted by atomic mass is 16.2. The van der Waals surface area contributed by atoms with Gasteiger partial charge in [0.15, 0.2) is 0 Å². The third-order valence-electron chi connectivity index (χ3n) is 4.45. The van der Waals surface area contributed by atoms with Crippen molar-refractivity contribution in [3.8, 4) is 0 Å². The van der Waals surface area contributed by atoms with E-state index < -0.39 is 0 Å². The van der Waals surface area contributed by atoms with E-state index in [1.54, 1.807) is 0 Å². The molecular formula is C18H28N2O.